The van der Waals surface area contributed by atoms with Gasteiger partial charge in [-0.05, 0) is 76.7 Å². The number of aryl methyl sites for hydroxylation is 1. The molecule has 0 nitrogen and oxygen atoms in total. The van der Waals surface area contributed by atoms with E-state index in [0.717, 1.165) is 12.8 Å². The van der Waals surface area contributed by atoms with Crippen molar-refractivity contribution in [1.29, 1.82) is 0 Å². The van der Waals surface area contributed by atoms with Gasteiger partial charge >= 0.3 is 0 Å². The van der Waals surface area contributed by atoms with Gasteiger partial charge in [-0.1, -0.05) is 79.3 Å². The van der Waals surface area contributed by atoms with Crippen LogP contribution < -0.4 is 0 Å². The van der Waals surface area contributed by atoms with E-state index < -0.39 is 0 Å². The van der Waals surface area contributed by atoms with Crippen molar-refractivity contribution in [3.8, 4) is 0 Å². The fourth-order valence-corrected chi connectivity index (χ4v) is 6.15. The molecule has 4 aliphatic rings. The van der Waals surface area contributed by atoms with Gasteiger partial charge < -0.3 is 0 Å². The van der Waals surface area contributed by atoms with Crippen LogP contribution >= 0.6 is 0 Å². The molecule has 0 heteroatoms. The third-order valence-electron chi connectivity index (χ3n) is 7.07. The molecule has 0 saturated carbocycles. The average Bonchev–Trinajstić information content (AvgIpc) is 3.15. The Morgan fingerprint density at radius 2 is 1.70 bits per heavy atom. The molecule has 2 aromatic carbocycles. The van der Waals surface area contributed by atoms with E-state index in [4.69, 9.17) is 0 Å². The van der Waals surface area contributed by atoms with E-state index >= 15 is 0 Å². The summed E-state index contributed by atoms with van der Waals surface area (Å²) in [6.45, 7) is 4.67. The quantitative estimate of drug-likeness (QED) is 0.493. The molecule has 0 heterocycles. The molecule has 0 radical (unpaired) electrons. The summed E-state index contributed by atoms with van der Waals surface area (Å²) in [4.78, 5) is 0. The maximum atomic E-state index is 2.47. The first-order valence-electron chi connectivity index (χ1n) is 10.3. The van der Waals surface area contributed by atoms with E-state index in [1.54, 1.807) is 11.1 Å². The van der Waals surface area contributed by atoms with Gasteiger partial charge in [0, 0.05) is 0 Å². The van der Waals surface area contributed by atoms with Crippen molar-refractivity contribution in [3.63, 3.8) is 0 Å². The lowest BCUT2D eigenvalue weighted by Crippen LogP contribution is -2.32. The number of hydrogen-bond acceptors (Lipinski definition) is 0. The van der Waals surface area contributed by atoms with E-state index in [0.29, 0.717) is 5.92 Å². The molecular weight excluding hydrogens is 324 g/mol. The molecule has 0 fully saturated rings. The van der Waals surface area contributed by atoms with Gasteiger partial charge in [-0.25, -0.2) is 0 Å². The van der Waals surface area contributed by atoms with Crippen molar-refractivity contribution >= 4 is 11.1 Å². The molecule has 2 unspecified atom stereocenters. The molecular formula is C27H24. The number of allylic oxidation sites excluding steroid dienone is 8. The molecule has 2 atom stereocenters. The van der Waals surface area contributed by atoms with E-state index in [-0.39, 0.29) is 5.41 Å². The molecule has 6 rings (SSSR count). The van der Waals surface area contributed by atoms with Gasteiger partial charge in [-0.2, -0.15) is 0 Å². The number of benzene rings is 2. The van der Waals surface area contributed by atoms with Gasteiger partial charge in [0.15, 0.2) is 0 Å². The zero-order chi connectivity index (χ0) is 18.2. The molecule has 0 amide bonds. The molecule has 0 aromatic heterocycles. The zero-order valence-electron chi connectivity index (χ0n) is 16.0. The SMILES string of the molecule is Cc1ccc2c(c1)C1(C3=C(C=CCC3)c3ccccc31)C1=C2C=CCC1C. The van der Waals surface area contributed by atoms with Crippen molar-refractivity contribution in [2.45, 2.75) is 38.5 Å². The second-order valence-corrected chi connectivity index (χ2v) is 8.54. The largest absolute Gasteiger partial charge is 0.0836 e. The highest BCUT2D eigenvalue weighted by molar-refractivity contribution is 5.98. The molecule has 1 spiro atoms. The standard InChI is InChI=1S/C27H24/c1-17-14-15-21-22-11-7-8-18(2)26(22)27(25(21)16-17)23-12-5-3-9-19(23)20-10-4-6-13-24(20)27/h3-5,7,9-12,14-16,18H,6,8,13H2,1-2H3. The summed E-state index contributed by atoms with van der Waals surface area (Å²) in [5, 5.41) is 0. The molecule has 4 aliphatic carbocycles. The molecule has 0 bridgehead atoms. The van der Waals surface area contributed by atoms with Gasteiger partial charge in [-0.3, -0.25) is 0 Å². The summed E-state index contributed by atoms with van der Waals surface area (Å²) in [6, 6.07) is 16.3. The second-order valence-electron chi connectivity index (χ2n) is 8.54. The number of rotatable bonds is 0. The van der Waals surface area contributed by atoms with Crippen LogP contribution in [0.4, 0.5) is 0 Å². The van der Waals surface area contributed by atoms with E-state index in [1.807, 2.05) is 0 Å². The topological polar surface area (TPSA) is 0 Å². The summed E-state index contributed by atoms with van der Waals surface area (Å²) in [7, 11) is 0. The molecule has 0 aliphatic heterocycles. The summed E-state index contributed by atoms with van der Waals surface area (Å²) >= 11 is 0. The van der Waals surface area contributed by atoms with Gasteiger partial charge in [0.05, 0.1) is 5.41 Å². The normalized spacial score (nSPS) is 27.1. The first-order valence-corrected chi connectivity index (χ1v) is 10.3. The van der Waals surface area contributed by atoms with Crippen molar-refractivity contribution in [2.24, 2.45) is 5.92 Å². The molecule has 27 heavy (non-hydrogen) atoms. The minimum Gasteiger partial charge on any atom is -0.0836 e. The Hall–Kier alpha value is -2.60. The lowest BCUT2D eigenvalue weighted by molar-refractivity contribution is 0.569. The van der Waals surface area contributed by atoms with Crippen molar-refractivity contribution in [3.05, 3.63) is 106 Å². The first kappa shape index (κ1) is 15.5. The molecule has 2 aromatic rings. The van der Waals surface area contributed by atoms with Gasteiger partial charge in [0.1, 0.15) is 0 Å². The lowest BCUT2D eigenvalue weighted by atomic mass is 9.63. The van der Waals surface area contributed by atoms with E-state index in [2.05, 4.69) is 80.6 Å². The average molecular weight is 348 g/mol. The smallest absolute Gasteiger partial charge is 0.0654 e. The Kier molecular flexibility index (Phi) is 2.99. The van der Waals surface area contributed by atoms with E-state index in [9.17, 15) is 0 Å². The molecule has 0 N–H and O–H groups in total. The molecule has 132 valence electrons. The van der Waals surface area contributed by atoms with E-state index in [1.165, 1.54) is 45.4 Å². The van der Waals surface area contributed by atoms with Crippen LogP contribution in [-0.4, -0.2) is 0 Å². The summed E-state index contributed by atoms with van der Waals surface area (Å²) < 4.78 is 0. The minimum absolute atomic E-state index is 0.0441. The van der Waals surface area contributed by atoms with Crippen LogP contribution in [0.15, 0.2) is 77.9 Å². The van der Waals surface area contributed by atoms with Gasteiger partial charge in [-0.15, -0.1) is 0 Å². The predicted molar refractivity (Wildman–Crippen MR) is 114 cm³/mol. The van der Waals surface area contributed by atoms with Crippen molar-refractivity contribution in [2.75, 3.05) is 0 Å². The monoisotopic (exact) mass is 348 g/mol. The highest BCUT2D eigenvalue weighted by Crippen LogP contribution is 2.65. The van der Waals surface area contributed by atoms with Crippen LogP contribution in [0.3, 0.4) is 0 Å². The maximum absolute atomic E-state index is 2.47. The third-order valence-corrected chi connectivity index (χ3v) is 7.07. The second kappa shape index (κ2) is 5.23. The van der Waals surface area contributed by atoms with Crippen LogP contribution in [-0.2, 0) is 5.41 Å². The summed E-state index contributed by atoms with van der Waals surface area (Å²) in [5.74, 6) is 0.573. The highest BCUT2D eigenvalue weighted by atomic mass is 14.6. The highest BCUT2D eigenvalue weighted by Gasteiger charge is 2.54. The zero-order valence-corrected chi connectivity index (χ0v) is 16.0. The first-order chi connectivity index (χ1) is 13.2. The predicted octanol–water partition coefficient (Wildman–Crippen LogP) is 6.76. The minimum atomic E-state index is -0.0441. The van der Waals surface area contributed by atoms with Gasteiger partial charge in [0.2, 0.25) is 0 Å². The maximum Gasteiger partial charge on any atom is 0.0654 e. The third kappa shape index (κ3) is 1.74. The fraction of sp³-hybridized carbons (Fsp3) is 0.259. The van der Waals surface area contributed by atoms with Crippen LogP contribution in [0, 0.1) is 12.8 Å². The number of fused-ring (bicyclic) bond motifs is 8. The van der Waals surface area contributed by atoms with Crippen LogP contribution in [0.5, 0.6) is 0 Å². The Morgan fingerprint density at radius 3 is 2.63 bits per heavy atom. The Bertz CT molecular complexity index is 1120. The Morgan fingerprint density at radius 1 is 0.889 bits per heavy atom. The number of hydrogen-bond donors (Lipinski definition) is 0. The Labute approximate surface area is 161 Å². The van der Waals surface area contributed by atoms with Crippen molar-refractivity contribution < 1.29 is 0 Å². The van der Waals surface area contributed by atoms with Crippen LogP contribution in [0.1, 0.15) is 54.0 Å². The fourth-order valence-electron chi connectivity index (χ4n) is 6.15. The summed E-state index contributed by atoms with van der Waals surface area (Å²) in [6.07, 6.45) is 13.0. The summed E-state index contributed by atoms with van der Waals surface area (Å²) in [5.41, 5.74) is 13.5. The van der Waals surface area contributed by atoms with Crippen molar-refractivity contribution in [1.82, 2.24) is 0 Å². The molecule has 0 saturated heterocycles. The Balaban J connectivity index is 1.82. The van der Waals surface area contributed by atoms with Crippen LogP contribution in [0.25, 0.3) is 11.1 Å². The van der Waals surface area contributed by atoms with Gasteiger partial charge in [0.25, 0.3) is 0 Å². The van der Waals surface area contributed by atoms with Crippen LogP contribution in [0.2, 0.25) is 0 Å². The lowest BCUT2D eigenvalue weighted by Gasteiger charge is -2.38.